The zero-order valence-electron chi connectivity index (χ0n) is 8.92. The minimum Gasteiger partial charge on any atom is -0.388 e. The van der Waals surface area contributed by atoms with Gasteiger partial charge in [-0.1, -0.05) is 20.8 Å². The minimum atomic E-state index is -1.10. The summed E-state index contributed by atoms with van der Waals surface area (Å²) in [6.07, 6.45) is -3.20. The number of hydrogen-bond acceptors (Lipinski definition) is 4. The summed E-state index contributed by atoms with van der Waals surface area (Å²) in [6.45, 7) is 5.73. The van der Waals surface area contributed by atoms with Crippen molar-refractivity contribution in [3.63, 3.8) is 0 Å². The lowest BCUT2D eigenvalue weighted by Crippen LogP contribution is -2.58. The number of hydrogen-bond donors (Lipinski definition) is 3. The van der Waals surface area contributed by atoms with Crippen molar-refractivity contribution >= 4 is 0 Å². The van der Waals surface area contributed by atoms with Crippen LogP contribution in [0.5, 0.6) is 0 Å². The first-order valence-electron chi connectivity index (χ1n) is 5.18. The molecule has 0 aromatic carbocycles. The molecule has 14 heavy (non-hydrogen) atoms. The van der Waals surface area contributed by atoms with Gasteiger partial charge in [-0.15, -0.1) is 0 Å². The molecule has 4 nitrogen and oxygen atoms in total. The first kappa shape index (κ1) is 11.9. The van der Waals surface area contributed by atoms with Crippen LogP contribution in [-0.4, -0.2) is 45.8 Å². The fourth-order valence-electron chi connectivity index (χ4n) is 1.87. The summed E-state index contributed by atoms with van der Waals surface area (Å²) < 4.78 is 5.53. The Morgan fingerprint density at radius 3 is 2.07 bits per heavy atom. The Hall–Kier alpha value is -0.160. The molecule has 0 amide bonds. The van der Waals surface area contributed by atoms with E-state index < -0.39 is 24.4 Å². The first-order chi connectivity index (χ1) is 6.49. The molecule has 0 unspecified atom stereocenters. The molecule has 0 aromatic rings. The van der Waals surface area contributed by atoms with Crippen LogP contribution in [0.4, 0.5) is 0 Å². The molecule has 1 aliphatic rings. The van der Waals surface area contributed by atoms with Crippen LogP contribution in [0.1, 0.15) is 27.2 Å². The Kier molecular flexibility index (Phi) is 3.89. The van der Waals surface area contributed by atoms with E-state index in [1.54, 1.807) is 0 Å². The second-order valence-corrected chi connectivity index (χ2v) is 4.26. The van der Waals surface area contributed by atoms with Gasteiger partial charge in [-0.25, -0.2) is 0 Å². The summed E-state index contributed by atoms with van der Waals surface area (Å²) in [5.41, 5.74) is 0. The average Bonchev–Trinajstić information content (AvgIpc) is 2.14. The molecule has 1 aliphatic heterocycles. The standard InChI is InChI=1S/C10H20O4/c1-4-6-7(11)8(12)9(13)10(14-6)5(2)3/h5-13H,4H2,1-3H3/t6-,7+,8+,9-,10+/m1/s1. The highest BCUT2D eigenvalue weighted by molar-refractivity contribution is 4.92. The van der Waals surface area contributed by atoms with Crippen molar-refractivity contribution in [3.05, 3.63) is 0 Å². The summed E-state index contributed by atoms with van der Waals surface area (Å²) in [5, 5.41) is 28.8. The largest absolute Gasteiger partial charge is 0.388 e. The van der Waals surface area contributed by atoms with Crippen LogP contribution >= 0.6 is 0 Å². The molecule has 1 saturated heterocycles. The SMILES string of the molecule is CC[C@H]1O[C@@H](C(C)C)[C@H](O)[C@@H](O)[C@H]1O. The van der Waals surface area contributed by atoms with Crippen molar-refractivity contribution in [2.24, 2.45) is 5.92 Å². The van der Waals surface area contributed by atoms with Crippen molar-refractivity contribution < 1.29 is 20.1 Å². The summed E-state index contributed by atoms with van der Waals surface area (Å²) >= 11 is 0. The predicted molar refractivity (Wildman–Crippen MR) is 51.8 cm³/mol. The highest BCUT2D eigenvalue weighted by atomic mass is 16.5. The number of aliphatic hydroxyl groups excluding tert-OH is 3. The highest BCUT2D eigenvalue weighted by Crippen LogP contribution is 2.26. The Morgan fingerprint density at radius 2 is 1.64 bits per heavy atom. The van der Waals surface area contributed by atoms with Crippen LogP contribution in [0.3, 0.4) is 0 Å². The molecular formula is C10H20O4. The molecule has 0 spiro atoms. The average molecular weight is 204 g/mol. The molecule has 5 atom stereocenters. The van der Waals surface area contributed by atoms with E-state index in [0.29, 0.717) is 6.42 Å². The molecule has 3 N–H and O–H groups in total. The van der Waals surface area contributed by atoms with E-state index in [9.17, 15) is 15.3 Å². The molecular weight excluding hydrogens is 184 g/mol. The first-order valence-corrected chi connectivity index (χ1v) is 5.18. The van der Waals surface area contributed by atoms with Crippen molar-refractivity contribution in [3.8, 4) is 0 Å². The quantitative estimate of drug-likeness (QED) is 0.587. The maximum atomic E-state index is 9.66. The Balaban J connectivity index is 2.73. The monoisotopic (exact) mass is 204 g/mol. The van der Waals surface area contributed by atoms with Gasteiger partial charge in [-0.3, -0.25) is 0 Å². The third-order valence-electron chi connectivity index (χ3n) is 2.81. The lowest BCUT2D eigenvalue weighted by Gasteiger charge is -2.42. The molecule has 4 heteroatoms. The molecule has 0 saturated carbocycles. The van der Waals surface area contributed by atoms with Crippen LogP contribution in [0, 0.1) is 5.92 Å². The van der Waals surface area contributed by atoms with Gasteiger partial charge in [0, 0.05) is 0 Å². The van der Waals surface area contributed by atoms with E-state index in [4.69, 9.17) is 4.74 Å². The van der Waals surface area contributed by atoms with Crippen LogP contribution < -0.4 is 0 Å². The molecule has 0 radical (unpaired) electrons. The normalized spacial score (nSPS) is 44.4. The van der Waals surface area contributed by atoms with Gasteiger partial charge in [0.15, 0.2) is 0 Å². The van der Waals surface area contributed by atoms with Crippen LogP contribution in [0.25, 0.3) is 0 Å². The third-order valence-corrected chi connectivity index (χ3v) is 2.81. The van der Waals surface area contributed by atoms with Gasteiger partial charge in [0.25, 0.3) is 0 Å². The highest BCUT2D eigenvalue weighted by Gasteiger charge is 2.43. The van der Waals surface area contributed by atoms with Crippen molar-refractivity contribution in [2.45, 2.75) is 57.7 Å². The molecule has 1 heterocycles. The van der Waals surface area contributed by atoms with Gasteiger partial charge in [0.2, 0.25) is 0 Å². The van der Waals surface area contributed by atoms with E-state index in [0.717, 1.165) is 0 Å². The molecule has 0 bridgehead atoms. The van der Waals surface area contributed by atoms with E-state index in [2.05, 4.69) is 0 Å². The minimum absolute atomic E-state index is 0.126. The lowest BCUT2D eigenvalue weighted by atomic mass is 9.89. The summed E-state index contributed by atoms with van der Waals surface area (Å²) in [6, 6.07) is 0. The number of ether oxygens (including phenoxy) is 1. The second-order valence-electron chi connectivity index (χ2n) is 4.26. The summed E-state index contributed by atoms with van der Waals surface area (Å²) in [4.78, 5) is 0. The topological polar surface area (TPSA) is 69.9 Å². The maximum absolute atomic E-state index is 9.66. The number of aliphatic hydroxyl groups is 3. The van der Waals surface area contributed by atoms with E-state index in [1.165, 1.54) is 0 Å². The molecule has 1 fully saturated rings. The molecule has 0 aromatic heterocycles. The van der Waals surface area contributed by atoms with E-state index in [-0.39, 0.29) is 12.0 Å². The zero-order chi connectivity index (χ0) is 10.9. The smallest absolute Gasteiger partial charge is 0.111 e. The van der Waals surface area contributed by atoms with Crippen molar-refractivity contribution in [2.75, 3.05) is 0 Å². The van der Waals surface area contributed by atoms with Gasteiger partial charge in [-0.2, -0.15) is 0 Å². The predicted octanol–water partition coefficient (Wildman–Crippen LogP) is -0.0975. The van der Waals surface area contributed by atoms with Gasteiger partial charge >= 0.3 is 0 Å². The van der Waals surface area contributed by atoms with E-state index in [1.807, 2.05) is 20.8 Å². The Bertz CT molecular complexity index is 181. The van der Waals surface area contributed by atoms with Gasteiger partial charge in [0.1, 0.15) is 18.3 Å². The summed E-state index contributed by atoms with van der Waals surface area (Å²) in [5.74, 6) is 0.126. The van der Waals surface area contributed by atoms with Gasteiger partial charge in [0.05, 0.1) is 12.2 Å². The fraction of sp³-hybridized carbons (Fsp3) is 1.00. The van der Waals surface area contributed by atoms with Crippen LogP contribution in [0.2, 0.25) is 0 Å². The van der Waals surface area contributed by atoms with Crippen LogP contribution in [-0.2, 0) is 4.74 Å². The van der Waals surface area contributed by atoms with Crippen molar-refractivity contribution in [1.82, 2.24) is 0 Å². The van der Waals surface area contributed by atoms with E-state index >= 15 is 0 Å². The summed E-state index contributed by atoms with van der Waals surface area (Å²) in [7, 11) is 0. The zero-order valence-corrected chi connectivity index (χ0v) is 8.92. The third kappa shape index (κ3) is 2.08. The lowest BCUT2D eigenvalue weighted by molar-refractivity contribution is -0.232. The second kappa shape index (κ2) is 4.57. The van der Waals surface area contributed by atoms with Crippen LogP contribution in [0.15, 0.2) is 0 Å². The molecule has 0 aliphatic carbocycles. The Morgan fingerprint density at radius 1 is 1.07 bits per heavy atom. The molecule has 84 valence electrons. The fourth-order valence-corrected chi connectivity index (χ4v) is 1.87. The number of rotatable bonds is 2. The van der Waals surface area contributed by atoms with Gasteiger partial charge < -0.3 is 20.1 Å². The Labute approximate surface area is 84.5 Å². The molecule has 1 rings (SSSR count). The van der Waals surface area contributed by atoms with Crippen molar-refractivity contribution in [1.29, 1.82) is 0 Å². The maximum Gasteiger partial charge on any atom is 0.111 e. The van der Waals surface area contributed by atoms with Gasteiger partial charge in [-0.05, 0) is 12.3 Å².